The van der Waals surface area contributed by atoms with Crippen LogP contribution in [-0.4, -0.2) is 11.1 Å². The second kappa shape index (κ2) is 5.71. The third kappa shape index (κ3) is 2.89. The fourth-order valence-electron chi connectivity index (χ4n) is 2.26. The van der Waals surface area contributed by atoms with E-state index in [-0.39, 0.29) is 13.0 Å². The summed E-state index contributed by atoms with van der Waals surface area (Å²) in [6, 6.07) is 16.9. The number of para-hydroxylation sites is 2. The summed E-state index contributed by atoms with van der Waals surface area (Å²) >= 11 is 0. The monoisotopic (exact) mass is 282 g/mol. The minimum atomic E-state index is -0.921. The molecule has 1 N–H and O–H groups in total. The Bertz CT molecular complexity index is 759. The van der Waals surface area contributed by atoms with Crippen molar-refractivity contribution >= 4 is 16.9 Å². The molecule has 0 aliphatic heterocycles. The Morgan fingerprint density at radius 1 is 1.05 bits per heavy atom. The summed E-state index contributed by atoms with van der Waals surface area (Å²) in [5, 5.41) is 9.89. The van der Waals surface area contributed by atoms with Crippen LogP contribution in [0.25, 0.3) is 11.0 Å². The Morgan fingerprint density at radius 2 is 1.76 bits per heavy atom. The summed E-state index contributed by atoms with van der Waals surface area (Å²) in [5.41, 5.74) is 1.47. The van der Waals surface area contributed by atoms with Crippen molar-refractivity contribution in [2.45, 2.75) is 13.0 Å². The van der Waals surface area contributed by atoms with Crippen molar-refractivity contribution in [1.82, 2.24) is 0 Å². The second-order valence-corrected chi connectivity index (χ2v) is 4.67. The summed E-state index contributed by atoms with van der Waals surface area (Å²) < 4.78 is 11.4. The van der Waals surface area contributed by atoms with Gasteiger partial charge in [0.25, 0.3) is 0 Å². The van der Waals surface area contributed by atoms with Gasteiger partial charge in [-0.2, -0.15) is 0 Å². The fourth-order valence-corrected chi connectivity index (χ4v) is 2.26. The van der Waals surface area contributed by atoms with Crippen molar-refractivity contribution in [1.29, 1.82) is 0 Å². The van der Waals surface area contributed by atoms with Crippen LogP contribution in [0.5, 0.6) is 5.75 Å². The first kappa shape index (κ1) is 13.2. The molecule has 1 heterocycles. The molecule has 2 aromatic carbocycles. The van der Waals surface area contributed by atoms with Gasteiger partial charge < -0.3 is 14.3 Å². The zero-order valence-electron chi connectivity index (χ0n) is 11.3. The van der Waals surface area contributed by atoms with Gasteiger partial charge in [0.05, 0.1) is 0 Å². The molecule has 1 aromatic heterocycles. The zero-order chi connectivity index (χ0) is 14.7. The van der Waals surface area contributed by atoms with E-state index in [1.165, 1.54) is 0 Å². The Labute approximate surface area is 121 Å². The number of carbonyl (C=O) groups is 1. The predicted octanol–water partition coefficient (Wildman–Crippen LogP) is 3.64. The molecule has 0 saturated carbocycles. The molecule has 0 aliphatic carbocycles. The maximum absolute atomic E-state index is 11.0. The Balaban J connectivity index is 1.93. The first-order chi connectivity index (χ1) is 10.2. The number of carboxylic acids is 1. The van der Waals surface area contributed by atoms with Crippen molar-refractivity contribution in [3.63, 3.8) is 0 Å². The topological polar surface area (TPSA) is 59.7 Å². The quantitative estimate of drug-likeness (QED) is 0.776. The normalized spacial score (nSPS) is 10.7. The molecule has 0 spiro atoms. The standard InChI is InChI=1S/C17H14O4/c18-17(19)10-16-14(11-20-12-6-2-1-3-7-12)13-8-4-5-9-15(13)21-16/h1-9H,10-11H2,(H,18,19). The summed E-state index contributed by atoms with van der Waals surface area (Å²) in [5.74, 6) is 0.263. The van der Waals surface area contributed by atoms with Gasteiger partial charge in [-0.05, 0) is 18.2 Å². The lowest BCUT2D eigenvalue weighted by atomic mass is 10.1. The van der Waals surface area contributed by atoms with E-state index >= 15 is 0 Å². The minimum absolute atomic E-state index is 0.151. The summed E-state index contributed by atoms with van der Waals surface area (Å²) in [6.07, 6.45) is -0.151. The number of ether oxygens (including phenoxy) is 1. The number of hydrogen-bond donors (Lipinski definition) is 1. The number of rotatable bonds is 5. The van der Waals surface area contributed by atoms with Gasteiger partial charge in [0.15, 0.2) is 0 Å². The van der Waals surface area contributed by atoms with Crippen molar-refractivity contribution < 1.29 is 19.1 Å². The maximum Gasteiger partial charge on any atom is 0.311 e. The van der Waals surface area contributed by atoms with Gasteiger partial charge in [-0.25, -0.2) is 0 Å². The van der Waals surface area contributed by atoms with Crippen LogP contribution in [0.2, 0.25) is 0 Å². The predicted molar refractivity (Wildman–Crippen MR) is 78.3 cm³/mol. The van der Waals surface area contributed by atoms with Crippen LogP contribution >= 0.6 is 0 Å². The van der Waals surface area contributed by atoms with E-state index in [1.54, 1.807) is 0 Å². The molecule has 0 atom stereocenters. The average molecular weight is 282 g/mol. The van der Waals surface area contributed by atoms with E-state index in [2.05, 4.69) is 0 Å². The highest BCUT2D eigenvalue weighted by molar-refractivity contribution is 5.83. The van der Waals surface area contributed by atoms with E-state index < -0.39 is 5.97 Å². The number of aliphatic carboxylic acids is 1. The highest BCUT2D eigenvalue weighted by Crippen LogP contribution is 2.27. The van der Waals surface area contributed by atoms with E-state index in [9.17, 15) is 4.79 Å². The number of benzene rings is 2. The number of hydrogen-bond acceptors (Lipinski definition) is 3. The molecule has 21 heavy (non-hydrogen) atoms. The molecule has 3 rings (SSSR count). The molecule has 0 saturated heterocycles. The molecule has 106 valence electrons. The first-order valence-corrected chi connectivity index (χ1v) is 6.63. The van der Waals surface area contributed by atoms with Crippen molar-refractivity contribution in [2.24, 2.45) is 0 Å². The molecular weight excluding hydrogens is 268 g/mol. The van der Waals surface area contributed by atoms with Crippen LogP contribution in [-0.2, 0) is 17.8 Å². The molecule has 0 unspecified atom stereocenters. The summed E-state index contributed by atoms with van der Waals surface area (Å²) in [6.45, 7) is 0.281. The molecule has 0 aliphatic rings. The molecular formula is C17H14O4. The number of furan rings is 1. The van der Waals surface area contributed by atoms with Gasteiger partial charge in [-0.3, -0.25) is 4.79 Å². The van der Waals surface area contributed by atoms with Gasteiger partial charge >= 0.3 is 5.97 Å². The Kier molecular flexibility index (Phi) is 3.60. The van der Waals surface area contributed by atoms with Gasteiger partial charge in [-0.1, -0.05) is 36.4 Å². The summed E-state index contributed by atoms with van der Waals surface area (Å²) in [4.78, 5) is 11.0. The lowest BCUT2D eigenvalue weighted by molar-refractivity contribution is -0.136. The van der Waals surface area contributed by atoms with Crippen LogP contribution in [0, 0.1) is 0 Å². The van der Waals surface area contributed by atoms with E-state index in [0.29, 0.717) is 11.3 Å². The van der Waals surface area contributed by atoms with Crippen LogP contribution in [0.3, 0.4) is 0 Å². The fraction of sp³-hybridized carbons (Fsp3) is 0.118. The Morgan fingerprint density at radius 3 is 2.52 bits per heavy atom. The van der Waals surface area contributed by atoms with E-state index in [1.807, 2.05) is 54.6 Å². The Hall–Kier alpha value is -2.75. The molecule has 0 fully saturated rings. The van der Waals surface area contributed by atoms with Crippen LogP contribution in [0.4, 0.5) is 0 Å². The average Bonchev–Trinajstić information content (AvgIpc) is 2.82. The van der Waals surface area contributed by atoms with Gasteiger partial charge in [-0.15, -0.1) is 0 Å². The SMILES string of the molecule is O=C(O)Cc1oc2ccccc2c1COc1ccccc1. The van der Waals surface area contributed by atoms with Gasteiger partial charge in [0.2, 0.25) is 0 Å². The molecule has 4 heteroatoms. The third-order valence-corrected chi connectivity index (χ3v) is 3.22. The van der Waals surface area contributed by atoms with Crippen LogP contribution in [0.1, 0.15) is 11.3 Å². The van der Waals surface area contributed by atoms with Gasteiger partial charge in [0, 0.05) is 10.9 Å². The largest absolute Gasteiger partial charge is 0.489 e. The lowest BCUT2D eigenvalue weighted by Gasteiger charge is -2.06. The minimum Gasteiger partial charge on any atom is -0.489 e. The van der Waals surface area contributed by atoms with E-state index in [0.717, 1.165) is 16.7 Å². The molecule has 3 aromatic rings. The first-order valence-electron chi connectivity index (χ1n) is 6.63. The number of carboxylic acid groups (broad SMARTS) is 1. The lowest BCUT2D eigenvalue weighted by Crippen LogP contribution is -2.04. The molecule has 0 radical (unpaired) electrons. The highest BCUT2D eigenvalue weighted by Gasteiger charge is 2.16. The van der Waals surface area contributed by atoms with E-state index in [4.69, 9.17) is 14.3 Å². The van der Waals surface area contributed by atoms with Crippen molar-refractivity contribution in [2.75, 3.05) is 0 Å². The van der Waals surface area contributed by atoms with Crippen LogP contribution in [0.15, 0.2) is 59.0 Å². The smallest absolute Gasteiger partial charge is 0.311 e. The summed E-state index contributed by atoms with van der Waals surface area (Å²) in [7, 11) is 0. The molecule has 4 nitrogen and oxygen atoms in total. The van der Waals surface area contributed by atoms with Crippen LogP contribution < -0.4 is 4.74 Å². The van der Waals surface area contributed by atoms with Crippen molar-refractivity contribution in [3.05, 3.63) is 65.9 Å². The third-order valence-electron chi connectivity index (χ3n) is 3.22. The molecule has 0 amide bonds. The zero-order valence-corrected chi connectivity index (χ0v) is 11.3. The molecule has 0 bridgehead atoms. The van der Waals surface area contributed by atoms with Gasteiger partial charge in [0.1, 0.15) is 30.1 Å². The highest BCUT2D eigenvalue weighted by atomic mass is 16.5. The maximum atomic E-state index is 11.0. The van der Waals surface area contributed by atoms with Crippen molar-refractivity contribution in [3.8, 4) is 5.75 Å². The second-order valence-electron chi connectivity index (χ2n) is 4.67. The number of fused-ring (bicyclic) bond motifs is 1.